The Morgan fingerprint density at radius 1 is 0.939 bits per heavy atom. The lowest BCUT2D eigenvalue weighted by Crippen LogP contribution is -2.46. The van der Waals surface area contributed by atoms with Crippen LogP contribution in [0.25, 0.3) is 0 Å². The molecule has 1 fully saturated rings. The zero-order valence-electron chi connectivity index (χ0n) is 20.5. The molecule has 0 spiro atoms. The number of nitrogens with one attached hydrogen (secondary N) is 1. The first-order valence-electron chi connectivity index (χ1n) is 11.6. The van der Waals surface area contributed by atoms with E-state index in [2.05, 4.69) is 4.72 Å². The molecule has 1 N–H and O–H groups in total. The van der Waals surface area contributed by atoms with Crippen LogP contribution in [0.5, 0.6) is 5.75 Å². The molecule has 33 heavy (non-hydrogen) atoms. The van der Waals surface area contributed by atoms with Gasteiger partial charge >= 0.3 is 10.3 Å². The summed E-state index contributed by atoms with van der Waals surface area (Å²) in [5, 5.41) is 0. The van der Waals surface area contributed by atoms with Crippen molar-refractivity contribution < 1.29 is 17.4 Å². The molecule has 0 unspecified atom stereocenters. The average molecular weight is 473 g/mol. The first kappa shape index (κ1) is 25.1. The topological polar surface area (TPSA) is 75.7 Å². The number of amides is 1. The monoisotopic (exact) mass is 472 g/mol. The molecular weight excluding hydrogens is 436 g/mol. The van der Waals surface area contributed by atoms with E-state index in [0.717, 1.165) is 35.2 Å². The average Bonchev–Trinajstić information content (AvgIpc) is 3.24. The molecule has 2 aromatic rings. The smallest absolute Gasteiger partial charge is 0.378 e. The molecule has 0 saturated heterocycles. The third-order valence-electron chi connectivity index (χ3n) is 6.56. The molecule has 0 bridgehead atoms. The fourth-order valence-electron chi connectivity index (χ4n) is 4.62. The van der Waals surface area contributed by atoms with E-state index in [-0.39, 0.29) is 11.8 Å². The largest absolute Gasteiger partial charge is 0.409 e. The molecule has 1 amide bonds. The highest BCUT2D eigenvalue weighted by Crippen LogP contribution is 2.42. The van der Waals surface area contributed by atoms with Gasteiger partial charge in [-0.25, -0.2) is 4.72 Å². The van der Waals surface area contributed by atoms with Crippen LogP contribution < -0.4 is 13.8 Å². The Hall–Kier alpha value is -2.54. The molecule has 2 aromatic carbocycles. The van der Waals surface area contributed by atoms with Crippen molar-refractivity contribution in [1.82, 2.24) is 4.72 Å². The summed E-state index contributed by atoms with van der Waals surface area (Å²) in [6.07, 6.45) is 2.96. The van der Waals surface area contributed by atoms with E-state index in [1.165, 1.54) is 0 Å². The highest BCUT2D eigenvalue weighted by Gasteiger charge is 2.44. The van der Waals surface area contributed by atoms with Crippen LogP contribution >= 0.6 is 0 Å². The molecule has 6 nitrogen and oxygen atoms in total. The van der Waals surface area contributed by atoms with Gasteiger partial charge in [0.05, 0.1) is 5.41 Å². The van der Waals surface area contributed by atoms with Crippen molar-refractivity contribution in [3.63, 3.8) is 0 Å². The van der Waals surface area contributed by atoms with Gasteiger partial charge in [0.15, 0.2) is 5.75 Å². The number of hydrogen-bond acceptors (Lipinski definition) is 5. The summed E-state index contributed by atoms with van der Waals surface area (Å²) in [4.78, 5) is 15.4. The van der Waals surface area contributed by atoms with Gasteiger partial charge in [0.1, 0.15) is 0 Å². The predicted octanol–water partition coefficient (Wildman–Crippen LogP) is 5.25. The quantitative estimate of drug-likeness (QED) is 0.568. The van der Waals surface area contributed by atoms with Crippen LogP contribution in [0.3, 0.4) is 0 Å². The SMILES string of the molecule is CC(C)c1cccc(C(C)C)c1OS(=O)(=O)NC(=O)C1(c2ccc(N(C)C)cc2)CCCC1. The zero-order valence-corrected chi connectivity index (χ0v) is 21.3. The van der Waals surface area contributed by atoms with Crippen molar-refractivity contribution in [3.05, 3.63) is 59.2 Å². The highest BCUT2D eigenvalue weighted by molar-refractivity contribution is 7.85. The van der Waals surface area contributed by atoms with Gasteiger partial charge in [0.25, 0.3) is 0 Å². The van der Waals surface area contributed by atoms with Gasteiger partial charge in [-0.15, -0.1) is 0 Å². The molecule has 0 atom stereocenters. The van der Waals surface area contributed by atoms with E-state index in [9.17, 15) is 13.2 Å². The maximum absolute atomic E-state index is 13.4. The second-order valence-electron chi connectivity index (χ2n) is 9.77. The van der Waals surface area contributed by atoms with Gasteiger partial charge in [-0.3, -0.25) is 4.79 Å². The number of carbonyl (C=O) groups is 1. The Morgan fingerprint density at radius 3 is 1.91 bits per heavy atom. The molecule has 7 heteroatoms. The summed E-state index contributed by atoms with van der Waals surface area (Å²) < 4.78 is 34.0. The number of nitrogens with zero attached hydrogens (tertiary/aromatic N) is 1. The minimum atomic E-state index is -4.36. The summed E-state index contributed by atoms with van der Waals surface area (Å²) in [6.45, 7) is 7.95. The lowest BCUT2D eigenvalue weighted by molar-refractivity contribution is -0.124. The van der Waals surface area contributed by atoms with Crippen LogP contribution in [0.1, 0.15) is 81.9 Å². The molecule has 180 valence electrons. The first-order valence-corrected chi connectivity index (χ1v) is 13.0. The molecule has 0 radical (unpaired) electrons. The van der Waals surface area contributed by atoms with Crippen molar-refractivity contribution in [3.8, 4) is 5.75 Å². The number of benzene rings is 2. The van der Waals surface area contributed by atoms with Gasteiger partial charge in [-0.2, -0.15) is 8.42 Å². The van der Waals surface area contributed by atoms with Crippen LogP contribution in [0.2, 0.25) is 0 Å². The summed E-state index contributed by atoms with van der Waals surface area (Å²) in [7, 11) is -0.447. The number of anilines is 1. The van der Waals surface area contributed by atoms with Crippen molar-refractivity contribution >= 4 is 21.9 Å². The molecule has 0 aliphatic heterocycles. The van der Waals surface area contributed by atoms with Crippen LogP contribution in [0, 0.1) is 0 Å². The third-order valence-corrected chi connectivity index (χ3v) is 7.38. The summed E-state index contributed by atoms with van der Waals surface area (Å²) in [5.74, 6) is -0.0636. The lowest BCUT2D eigenvalue weighted by Gasteiger charge is -2.29. The first-order chi connectivity index (χ1) is 15.5. The van der Waals surface area contributed by atoms with Crippen molar-refractivity contribution in [2.75, 3.05) is 19.0 Å². The second-order valence-corrected chi connectivity index (χ2v) is 11.1. The minimum absolute atomic E-state index is 0.0704. The summed E-state index contributed by atoms with van der Waals surface area (Å²) in [5.41, 5.74) is 2.58. The molecule has 3 rings (SSSR count). The van der Waals surface area contributed by atoms with Gasteiger partial charge in [-0.05, 0) is 53.5 Å². The fraction of sp³-hybridized carbons (Fsp3) is 0.500. The zero-order chi connectivity index (χ0) is 24.4. The number of rotatable bonds is 8. The van der Waals surface area contributed by atoms with Crippen molar-refractivity contribution in [1.29, 1.82) is 0 Å². The maximum atomic E-state index is 13.4. The highest BCUT2D eigenvalue weighted by atomic mass is 32.2. The second kappa shape index (κ2) is 9.75. The van der Waals surface area contributed by atoms with Crippen LogP contribution in [0.15, 0.2) is 42.5 Å². The molecule has 0 aromatic heterocycles. The predicted molar refractivity (Wildman–Crippen MR) is 133 cm³/mol. The Bertz CT molecular complexity index is 1060. The number of para-hydroxylation sites is 1. The third kappa shape index (κ3) is 5.35. The lowest BCUT2D eigenvalue weighted by atomic mass is 9.78. The number of carbonyl (C=O) groups excluding carboxylic acids is 1. The van der Waals surface area contributed by atoms with Crippen LogP contribution in [-0.4, -0.2) is 28.4 Å². The van der Waals surface area contributed by atoms with Gasteiger partial charge in [0, 0.05) is 19.8 Å². The molecule has 1 aliphatic rings. The van der Waals surface area contributed by atoms with E-state index >= 15 is 0 Å². The van der Waals surface area contributed by atoms with Crippen LogP contribution in [-0.2, 0) is 20.5 Å². The van der Waals surface area contributed by atoms with E-state index < -0.39 is 21.6 Å². The van der Waals surface area contributed by atoms with Crippen molar-refractivity contribution in [2.45, 2.75) is 70.6 Å². The molecular formula is C26H36N2O4S. The van der Waals surface area contributed by atoms with Crippen LogP contribution in [0.4, 0.5) is 5.69 Å². The van der Waals surface area contributed by atoms with E-state index in [4.69, 9.17) is 4.18 Å². The minimum Gasteiger partial charge on any atom is -0.378 e. The van der Waals surface area contributed by atoms with Gasteiger partial charge < -0.3 is 9.08 Å². The molecule has 0 heterocycles. The Labute approximate surface area is 198 Å². The van der Waals surface area contributed by atoms with E-state index in [1.54, 1.807) is 0 Å². The van der Waals surface area contributed by atoms with Gasteiger partial charge in [-0.1, -0.05) is 70.9 Å². The van der Waals surface area contributed by atoms with E-state index in [1.807, 2.05) is 89.2 Å². The number of hydrogen-bond donors (Lipinski definition) is 1. The Balaban J connectivity index is 1.91. The summed E-state index contributed by atoms with van der Waals surface area (Å²) >= 11 is 0. The maximum Gasteiger partial charge on any atom is 0.409 e. The standard InChI is InChI=1S/C26H36N2O4S/c1-18(2)22-10-9-11-23(19(3)4)24(22)32-33(30,31)27-25(29)26(16-7-8-17-26)20-12-14-21(15-13-20)28(5)6/h9-15,18-19H,7-8,16-17H2,1-6H3,(H,27,29). The molecule has 1 aliphatic carbocycles. The Morgan fingerprint density at radius 2 is 1.45 bits per heavy atom. The molecule has 1 saturated carbocycles. The summed E-state index contributed by atoms with van der Waals surface area (Å²) in [6, 6.07) is 13.4. The van der Waals surface area contributed by atoms with Crippen molar-refractivity contribution in [2.24, 2.45) is 0 Å². The Kier molecular flexibility index (Phi) is 7.42. The normalized spacial score (nSPS) is 15.6. The fourth-order valence-corrected chi connectivity index (χ4v) is 5.50. The van der Waals surface area contributed by atoms with E-state index in [0.29, 0.717) is 18.6 Å². The van der Waals surface area contributed by atoms with Gasteiger partial charge in [0.2, 0.25) is 5.91 Å².